The minimum Gasteiger partial charge on any atom is -0.298 e. The van der Waals surface area contributed by atoms with E-state index in [-0.39, 0.29) is 5.41 Å². The first-order chi connectivity index (χ1) is 8.98. The summed E-state index contributed by atoms with van der Waals surface area (Å²) in [6.07, 6.45) is 3.10. The smallest absolute Gasteiger partial charge is 0.150 e. The average molecular weight is 299 g/mol. The second kappa shape index (κ2) is 4.86. The van der Waals surface area contributed by atoms with E-state index in [0.29, 0.717) is 11.5 Å². The van der Waals surface area contributed by atoms with Gasteiger partial charge in [-0.1, -0.05) is 0 Å². The Labute approximate surface area is 119 Å². The van der Waals surface area contributed by atoms with E-state index in [9.17, 15) is 8.42 Å². The third-order valence-electron chi connectivity index (χ3n) is 4.55. The molecule has 0 aliphatic carbocycles. The van der Waals surface area contributed by atoms with Crippen molar-refractivity contribution in [1.82, 2.24) is 4.90 Å². The van der Waals surface area contributed by atoms with Gasteiger partial charge in [0.15, 0.2) is 9.84 Å². The summed E-state index contributed by atoms with van der Waals surface area (Å²) in [6, 6.07) is 2.17. The summed E-state index contributed by atoms with van der Waals surface area (Å²) in [4.78, 5) is 3.89. The first kappa shape index (κ1) is 13.6. The van der Waals surface area contributed by atoms with Crippen LogP contribution in [0.1, 0.15) is 29.7 Å². The van der Waals surface area contributed by atoms with Crippen LogP contribution in [0.15, 0.2) is 11.4 Å². The summed E-state index contributed by atoms with van der Waals surface area (Å²) in [7, 11) is -2.77. The molecule has 0 bridgehead atoms. The number of thiophene rings is 1. The van der Waals surface area contributed by atoms with Crippen LogP contribution in [-0.2, 0) is 16.4 Å². The number of piperidine rings is 1. The highest BCUT2D eigenvalue weighted by Gasteiger charge is 2.44. The van der Waals surface area contributed by atoms with E-state index >= 15 is 0 Å². The lowest BCUT2D eigenvalue weighted by Gasteiger charge is -2.39. The summed E-state index contributed by atoms with van der Waals surface area (Å²) >= 11 is 1.81. The molecule has 1 aromatic heterocycles. The zero-order valence-corrected chi connectivity index (χ0v) is 13.0. The van der Waals surface area contributed by atoms with Crippen LogP contribution in [0.3, 0.4) is 0 Å². The molecule has 1 atom stereocenters. The van der Waals surface area contributed by atoms with Crippen molar-refractivity contribution in [3.8, 4) is 0 Å². The van der Waals surface area contributed by atoms with Crippen LogP contribution in [0.2, 0.25) is 0 Å². The predicted molar refractivity (Wildman–Crippen MR) is 79.3 cm³/mol. The zero-order chi connectivity index (χ0) is 13.5. The number of aryl methyl sites for hydroxylation is 1. The fraction of sp³-hybridized carbons (Fsp3) is 0.714. The lowest BCUT2D eigenvalue weighted by molar-refractivity contribution is 0.103. The Morgan fingerprint density at radius 1 is 1.42 bits per heavy atom. The van der Waals surface area contributed by atoms with Crippen molar-refractivity contribution in [3.63, 3.8) is 0 Å². The molecule has 0 saturated carbocycles. The van der Waals surface area contributed by atoms with E-state index in [1.807, 2.05) is 11.3 Å². The molecule has 2 saturated heterocycles. The van der Waals surface area contributed by atoms with Gasteiger partial charge in [0.2, 0.25) is 0 Å². The van der Waals surface area contributed by atoms with Crippen molar-refractivity contribution in [2.24, 2.45) is 5.41 Å². The van der Waals surface area contributed by atoms with Crippen LogP contribution in [0.25, 0.3) is 0 Å². The predicted octanol–water partition coefficient (Wildman–Crippen LogP) is 2.46. The van der Waals surface area contributed by atoms with E-state index in [1.54, 1.807) is 0 Å². The van der Waals surface area contributed by atoms with Gasteiger partial charge in [0.1, 0.15) is 0 Å². The molecule has 5 heteroatoms. The third-order valence-corrected chi connectivity index (χ3v) is 7.43. The number of sulfone groups is 1. The number of likely N-dealkylation sites (tertiary alicyclic amines) is 1. The first-order valence-corrected chi connectivity index (χ1v) is 9.64. The quantitative estimate of drug-likeness (QED) is 0.842. The largest absolute Gasteiger partial charge is 0.298 e. The molecule has 3 nitrogen and oxygen atoms in total. The van der Waals surface area contributed by atoms with Crippen LogP contribution in [0.4, 0.5) is 0 Å². The lowest BCUT2D eigenvalue weighted by Crippen LogP contribution is -2.43. The highest BCUT2D eigenvalue weighted by Crippen LogP contribution is 2.40. The number of hydrogen-bond donors (Lipinski definition) is 0. The van der Waals surface area contributed by atoms with Gasteiger partial charge >= 0.3 is 0 Å². The molecule has 1 unspecified atom stereocenters. The van der Waals surface area contributed by atoms with Crippen LogP contribution < -0.4 is 0 Å². The SMILES string of the molecule is Cc1ccsc1CN1CCCC2(CCS(=O)(=O)C2)C1. The molecule has 1 aromatic rings. The standard InChI is InChI=1S/C14H21NO2S2/c1-12-3-7-18-13(12)9-15-6-2-4-14(10-15)5-8-19(16,17)11-14/h3,7H,2,4-6,8-11H2,1H3. The molecule has 2 aliphatic rings. The summed E-state index contributed by atoms with van der Waals surface area (Å²) < 4.78 is 23.5. The molecule has 0 N–H and O–H groups in total. The molecular weight excluding hydrogens is 278 g/mol. The van der Waals surface area contributed by atoms with E-state index in [1.165, 1.54) is 10.4 Å². The molecule has 1 spiro atoms. The summed E-state index contributed by atoms with van der Waals surface area (Å²) in [5, 5.41) is 2.14. The molecule has 2 aliphatic heterocycles. The minimum atomic E-state index is -2.77. The van der Waals surface area contributed by atoms with E-state index < -0.39 is 9.84 Å². The number of nitrogens with zero attached hydrogens (tertiary/aromatic N) is 1. The first-order valence-electron chi connectivity index (χ1n) is 6.94. The minimum absolute atomic E-state index is 0.0578. The van der Waals surface area contributed by atoms with Crippen molar-refractivity contribution < 1.29 is 8.42 Å². The van der Waals surface area contributed by atoms with Gasteiger partial charge in [-0.15, -0.1) is 11.3 Å². The topological polar surface area (TPSA) is 37.4 Å². The van der Waals surface area contributed by atoms with Crippen molar-refractivity contribution in [2.75, 3.05) is 24.6 Å². The third kappa shape index (κ3) is 2.88. The van der Waals surface area contributed by atoms with E-state index in [2.05, 4.69) is 23.3 Å². The van der Waals surface area contributed by atoms with Gasteiger partial charge < -0.3 is 0 Å². The van der Waals surface area contributed by atoms with Gasteiger partial charge in [0.05, 0.1) is 11.5 Å². The Bertz CT molecular complexity index is 564. The van der Waals surface area contributed by atoms with Crippen LogP contribution in [0, 0.1) is 12.3 Å². The highest BCUT2D eigenvalue weighted by atomic mass is 32.2. The van der Waals surface area contributed by atoms with Gasteiger partial charge in [-0.2, -0.15) is 0 Å². The molecule has 3 rings (SSSR count). The van der Waals surface area contributed by atoms with Gasteiger partial charge in [0, 0.05) is 18.0 Å². The van der Waals surface area contributed by atoms with Crippen molar-refractivity contribution >= 4 is 21.2 Å². The molecule has 19 heavy (non-hydrogen) atoms. The van der Waals surface area contributed by atoms with Crippen LogP contribution in [0.5, 0.6) is 0 Å². The fourth-order valence-corrected chi connectivity index (χ4v) is 6.67. The molecule has 0 radical (unpaired) electrons. The maximum atomic E-state index is 11.8. The molecular formula is C14H21NO2S2. The van der Waals surface area contributed by atoms with Gasteiger partial charge in [-0.25, -0.2) is 8.42 Å². The fourth-order valence-electron chi connectivity index (χ4n) is 3.52. The zero-order valence-electron chi connectivity index (χ0n) is 11.4. The Kier molecular flexibility index (Phi) is 3.48. The normalized spacial score (nSPS) is 31.0. The van der Waals surface area contributed by atoms with E-state index in [0.717, 1.165) is 38.9 Å². The van der Waals surface area contributed by atoms with E-state index in [4.69, 9.17) is 0 Å². The van der Waals surface area contributed by atoms with Gasteiger partial charge in [0.25, 0.3) is 0 Å². The Morgan fingerprint density at radius 3 is 2.89 bits per heavy atom. The van der Waals surface area contributed by atoms with Crippen LogP contribution >= 0.6 is 11.3 Å². The monoisotopic (exact) mass is 299 g/mol. The van der Waals surface area contributed by atoms with Gasteiger partial charge in [-0.3, -0.25) is 4.90 Å². The highest BCUT2D eigenvalue weighted by molar-refractivity contribution is 7.91. The van der Waals surface area contributed by atoms with Gasteiger partial charge in [-0.05, 0) is 55.2 Å². The molecule has 0 amide bonds. The summed E-state index contributed by atoms with van der Waals surface area (Å²) in [5.41, 5.74) is 1.42. The Morgan fingerprint density at radius 2 is 2.26 bits per heavy atom. The number of rotatable bonds is 2. The maximum Gasteiger partial charge on any atom is 0.150 e. The number of hydrogen-bond acceptors (Lipinski definition) is 4. The lowest BCUT2D eigenvalue weighted by atomic mass is 9.79. The second-order valence-corrected chi connectivity index (χ2v) is 9.37. The Balaban J connectivity index is 1.71. The van der Waals surface area contributed by atoms with Crippen molar-refractivity contribution in [2.45, 2.75) is 32.7 Å². The average Bonchev–Trinajstić information content (AvgIpc) is 2.85. The van der Waals surface area contributed by atoms with Crippen molar-refractivity contribution in [1.29, 1.82) is 0 Å². The summed E-state index contributed by atoms with van der Waals surface area (Å²) in [5.74, 6) is 0.818. The van der Waals surface area contributed by atoms with Crippen LogP contribution in [-0.4, -0.2) is 37.9 Å². The second-order valence-electron chi connectivity index (χ2n) is 6.18. The molecule has 0 aromatic carbocycles. The molecule has 106 valence electrons. The van der Waals surface area contributed by atoms with Crippen molar-refractivity contribution in [3.05, 3.63) is 21.9 Å². The summed E-state index contributed by atoms with van der Waals surface area (Å²) in [6.45, 7) is 5.22. The Hall–Kier alpha value is -0.390. The molecule has 2 fully saturated rings. The molecule has 3 heterocycles. The maximum absolute atomic E-state index is 11.8.